The van der Waals surface area contributed by atoms with Crippen molar-refractivity contribution in [1.82, 2.24) is 15.0 Å². The number of nitrogens with zero attached hydrogens (tertiary/aromatic N) is 3. The molecular formula is C19H36N3O. The summed E-state index contributed by atoms with van der Waals surface area (Å²) in [6, 6.07) is 0. The number of aromatic nitrogens is 3. The standard InChI is InChI=1S/C19H36N3O/c1-6-7-8-9-10-12-17(2)13-11-14-22-15-18(20-21-22)16-23-19(3,4)5/h15H,6-14,16H2,1-5H3. The van der Waals surface area contributed by atoms with Gasteiger partial charge in [0.2, 0.25) is 0 Å². The Morgan fingerprint density at radius 3 is 2.48 bits per heavy atom. The Hall–Kier alpha value is -0.900. The minimum absolute atomic E-state index is 0.132. The largest absolute Gasteiger partial charge is 0.369 e. The topological polar surface area (TPSA) is 39.9 Å². The van der Waals surface area contributed by atoms with Crippen molar-refractivity contribution in [2.45, 2.75) is 105 Å². The van der Waals surface area contributed by atoms with Crippen LogP contribution in [-0.4, -0.2) is 20.6 Å². The molecule has 1 radical (unpaired) electrons. The molecule has 1 rings (SSSR count). The number of ether oxygens (including phenoxy) is 1. The molecule has 4 nitrogen and oxygen atoms in total. The highest BCUT2D eigenvalue weighted by Crippen LogP contribution is 2.18. The lowest BCUT2D eigenvalue weighted by atomic mass is 9.98. The molecule has 0 aliphatic rings. The molecular weight excluding hydrogens is 286 g/mol. The second-order valence-corrected chi connectivity index (χ2v) is 7.60. The molecule has 0 fully saturated rings. The Morgan fingerprint density at radius 2 is 1.78 bits per heavy atom. The quantitative estimate of drug-likeness (QED) is 0.488. The van der Waals surface area contributed by atoms with Gasteiger partial charge in [-0.1, -0.05) is 51.2 Å². The number of hydrogen-bond acceptors (Lipinski definition) is 3. The van der Waals surface area contributed by atoms with E-state index in [2.05, 4.69) is 44.9 Å². The Kier molecular flexibility index (Phi) is 9.46. The lowest BCUT2D eigenvalue weighted by molar-refractivity contribution is -0.0165. The van der Waals surface area contributed by atoms with Crippen LogP contribution in [0, 0.1) is 5.92 Å². The average molecular weight is 323 g/mol. The van der Waals surface area contributed by atoms with Crippen LogP contribution in [0.15, 0.2) is 6.20 Å². The van der Waals surface area contributed by atoms with Crippen molar-refractivity contribution in [1.29, 1.82) is 0 Å². The third-order valence-corrected chi connectivity index (χ3v) is 3.94. The summed E-state index contributed by atoms with van der Waals surface area (Å²) < 4.78 is 7.66. The Labute approximate surface area is 143 Å². The lowest BCUT2D eigenvalue weighted by Crippen LogP contribution is -2.18. The van der Waals surface area contributed by atoms with Crippen LogP contribution in [0.2, 0.25) is 0 Å². The monoisotopic (exact) mass is 322 g/mol. The molecule has 1 aromatic rings. The van der Waals surface area contributed by atoms with Gasteiger partial charge in [-0.3, -0.25) is 4.68 Å². The molecule has 1 aromatic heterocycles. The van der Waals surface area contributed by atoms with Gasteiger partial charge in [0.05, 0.1) is 18.4 Å². The zero-order valence-electron chi connectivity index (χ0n) is 15.9. The summed E-state index contributed by atoms with van der Waals surface area (Å²) in [5, 5.41) is 8.36. The van der Waals surface area contributed by atoms with Gasteiger partial charge in [0.15, 0.2) is 0 Å². The maximum absolute atomic E-state index is 5.72. The van der Waals surface area contributed by atoms with E-state index in [9.17, 15) is 0 Å². The maximum Gasteiger partial charge on any atom is 0.108 e. The summed E-state index contributed by atoms with van der Waals surface area (Å²) in [7, 11) is 0. The van der Waals surface area contributed by atoms with Gasteiger partial charge in [0, 0.05) is 6.54 Å². The third-order valence-electron chi connectivity index (χ3n) is 3.94. The number of aryl methyl sites for hydroxylation is 1. The van der Waals surface area contributed by atoms with Crippen LogP contribution < -0.4 is 0 Å². The third kappa shape index (κ3) is 10.5. The van der Waals surface area contributed by atoms with E-state index < -0.39 is 0 Å². The molecule has 0 atom stereocenters. The van der Waals surface area contributed by atoms with Gasteiger partial charge in [-0.15, -0.1) is 5.10 Å². The van der Waals surface area contributed by atoms with E-state index in [1.54, 1.807) is 5.92 Å². The average Bonchev–Trinajstić information content (AvgIpc) is 2.92. The zero-order chi connectivity index (χ0) is 17.1. The van der Waals surface area contributed by atoms with Crippen LogP contribution in [0.3, 0.4) is 0 Å². The van der Waals surface area contributed by atoms with Crippen molar-refractivity contribution >= 4 is 0 Å². The number of unbranched alkanes of at least 4 members (excludes halogenated alkanes) is 4. The normalized spacial score (nSPS) is 12.3. The Balaban J connectivity index is 2.12. The Morgan fingerprint density at radius 1 is 1.09 bits per heavy atom. The summed E-state index contributed by atoms with van der Waals surface area (Å²) in [6.45, 7) is 12.2. The van der Waals surface area contributed by atoms with E-state index in [1.165, 1.54) is 44.9 Å². The number of rotatable bonds is 12. The molecule has 0 unspecified atom stereocenters. The fourth-order valence-electron chi connectivity index (χ4n) is 2.50. The van der Waals surface area contributed by atoms with Crippen LogP contribution in [0.4, 0.5) is 0 Å². The molecule has 1 heterocycles. The predicted molar refractivity (Wildman–Crippen MR) is 96.1 cm³/mol. The zero-order valence-corrected chi connectivity index (χ0v) is 15.9. The maximum atomic E-state index is 5.72. The smallest absolute Gasteiger partial charge is 0.108 e. The fourth-order valence-corrected chi connectivity index (χ4v) is 2.50. The van der Waals surface area contributed by atoms with Gasteiger partial charge in [0.1, 0.15) is 5.69 Å². The minimum Gasteiger partial charge on any atom is -0.369 e. The molecule has 4 heteroatoms. The van der Waals surface area contributed by atoms with Crippen molar-refractivity contribution in [2.24, 2.45) is 0 Å². The van der Waals surface area contributed by atoms with Crippen LogP contribution >= 0.6 is 0 Å². The Bertz CT molecular complexity index is 409. The number of hydrogen-bond donors (Lipinski definition) is 0. The first-order valence-electron chi connectivity index (χ1n) is 9.25. The predicted octanol–water partition coefficient (Wildman–Crippen LogP) is 5.33. The molecule has 0 aliphatic carbocycles. The van der Waals surface area contributed by atoms with E-state index in [0.717, 1.165) is 18.7 Å². The van der Waals surface area contributed by atoms with Crippen molar-refractivity contribution in [3.05, 3.63) is 17.8 Å². The summed E-state index contributed by atoms with van der Waals surface area (Å²) in [5.41, 5.74) is 0.782. The van der Waals surface area contributed by atoms with E-state index in [-0.39, 0.29) is 5.60 Å². The van der Waals surface area contributed by atoms with Gasteiger partial charge in [-0.05, 0) is 46.0 Å². The summed E-state index contributed by atoms with van der Waals surface area (Å²) >= 11 is 0. The van der Waals surface area contributed by atoms with Crippen molar-refractivity contribution in [2.75, 3.05) is 0 Å². The molecule has 0 bridgehead atoms. The fraction of sp³-hybridized carbons (Fsp3) is 0.842. The highest BCUT2D eigenvalue weighted by atomic mass is 16.5. The molecule has 0 aliphatic heterocycles. The van der Waals surface area contributed by atoms with E-state index >= 15 is 0 Å². The van der Waals surface area contributed by atoms with Crippen LogP contribution in [-0.2, 0) is 17.9 Å². The van der Waals surface area contributed by atoms with Crippen LogP contribution in [0.1, 0.15) is 91.7 Å². The van der Waals surface area contributed by atoms with Gasteiger partial charge in [-0.2, -0.15) is 0 Å². The van der Waals surface area contributed by atoms with Crippen molar-refractivity contribution < 1.29 is 4.74 Å². The molecule has 0 aromatic carbocycles. The summed E-state index contributed by atoms with van der Waals surface area (Å²) in [5.74, 6) is 1.62. The van der Waals surface area contributed by atoms with Gasteiger partial charge in [-0.25, -0.2) is 0 Å². The van der Waals surface area contributed by atoms with Crippen LogP contribution in [0.5, 0.6) is 0 Å². The van der Waals surface area contributed by atoms with Crippen molar-refractivity contribution in [3.8, 4) is 0 Å². The highest BCUT2D eigenvalue weighted by Gasteiger charge is 2.11. The minimum atomic E-state index is -0.132. The van der Waals surface area contributed by atoms with Gasteiger partial charge in [0.25, 0.3) is 0 Å². The molecule has 23 heavy (non-hydrogen) atoms. The van der Waals surface area contributed by atoms with E-state index in [0.29, 0.717) is 6.61 Å². The summed E-state index contributed by atoms with van der Waals surface area (Å²) in [6.07, 6.45) is 12.5. The first-order chi connectivity index (χ1) is 10.9. The van der Waals surface area contributed by atoms with Crippen LogP contribution in [0.25, 0.3) is 0 Å². The first-order valence-corrected chi connectivity index (χ1v) is 9.25. The second kappa shape index (κ2) is 10.8. The van der Waals surface area contributed by atoms with Gasteiger partial charge < -0.3 is 4.74 Å². The van der Waals surface area contributed by atoms with E-state index in [4.69, 9.17) is 4.74 Å². The first kappa shape index (κ1) is 20.1. The van der Waals surface area contributed by atoms with Gasteiger partial charge >= 0.3 is 0 Å². The SMILES string of the molecule is CCCCCCC[C](C)CCCn1cc(COC(C)(C)C)nn1. The molecule has 0 spiro atoms. The second-order valence-electron chi connectivity index (χ2n) is 7.60. The molecule has 0 saturated carbocycles. The van der Waals surface area contributed by atoms with Crippen molar-refractivity contribution in [3.63, 3.8) is 0 Å². The molecule has 0 amide bonds. The summed E-state index contributed by atoms with van der Waals surface area (Å²) in [4.78, 5) is 0. The molecule has 133 valence electrons. The molecule has 0 saturated heterocycles. The lowest BCUT2D eigenvalue weighted by Gasteiger charge is -2.18. The van der Waals surface area contributed by atoms with E-state index in [1.807, 2.05) is 10.9 Å². The highest BCUT2D eigenvalue weighted by molar-refractivity contribution is 4.90. The molecule has 0 N–H and O–H groups in total.